The number of hydrogen-bond donors (Lipinski definition) is 1. The molecule has 6 heteroatoms. The minimum atomic E-state index is 0. The van der Waals surface area contributed by atoms with Crippen molar-refractivity contribution < 1.29 is 4.52 Å². The number of nitrogens with two attached hydrogens (primary N) is 1. The monoisotopic (exact) mass is 248 g/mol. The smallest absolute Gasteiger partial charge is 0.240 e. The van der Waals surface area contributed by atoms with Gasteiger partial charge in [0.05, 0.1) is 13.1 Å². The summed E-state index contributed by atoms with van der Waals surface area (Å²) in [5.41, 5.74) is 5.40. The minimum Gasteiger partial charge on any atom is -0.338 e. The molecule has 0 saturated heterocycles. The Morgan fingerprint density at radius 2 is 2.12 bits per heavy atom. The van der Waals surface area contributed by atoms with Crippen molar-refractivity contribution in [1.82, 2.24) is 15.0 Å². The van der Waals surface area contributed by atoms with Gasteiger partial charge < -0.3 is 10.3 Å². The van der Waals surface area contributed by atoms with Gasteiger partial charge >= 0.3 is 0 Å². The van der Waals surface area contributed by atoms with E-state index in [1.807, 2.05) is 0 Å². The lowest BCUT2D eigenvalue weighted by molar-refractivity contribution is 0.238. The molecule has 0 spiro atoms. The van der Waals surface area contributed by atoms with Gasteiger partial charge in [0.25, 0.3) is 0 Å². The zero-order chi connectivity index (χ0) is 11.3. The molecule has 1 heterocycles. The molecule has 94 valence electrons. The third-order valence-electron chi connectivity index (χ3n) is 2.12. The van der Waals surface area contributed by atoms with Crippen molar-refractivity contribution in [2.75, 3.05) is 13.1 Å². The summed E-state index contributed by atoms with van der Waals surface area (Å²) in [5, 5.41) is 3.87. The van der Waals surface area contributed by atoms with Gasteiger partial charge in [-0.25, -0.2) is 0 Å². The van der Waals surface area contributed by atoms with E-state index in [9.17, 15) is 0 Å². The number of halogens is 1. The normalized spacial score (nSPS) is 10.9. The predicted molar refractivity (Wildman–Crippen MR) is 65.2 cm³/mol. The van der Waals surface area contributed by atoms with E-state index >= 15 is 0 Å². The van der Waals surface area contributed by atoms with Crippen molar-refractivity contribution in [3.8, 4) is 0 Å². The molecule has 0 aliphatic carbocycles. The molecule has 0 aliphatic rings. The predicted octanol–water partition coefficient (Wildman–Crippen LogP) is 1.43. The highest BCUT2D eigenvalue weighted by Gasteiger charge is 2.10. The first-order chi connectivity index (χ1) is 7.15. The third kappa shape index (κ3) is 4.92. The standard InChI is InChI=1S/C10H20N4O.ClH/c1-4-14(6-8(2)3)7-9-12-10(5-11)15-13-9;/h8H,4-7,11H2,1-3H3;1H. The number of rotatable bonds is 6. The van der Waals surface area contributed by atoms with Crippen LogP contribution in [0.15, 0.2) is 4.52 Å². The Morgan fingerprint density at radius 3 is 2.56 bits per heavy atom. The lowest BCUT2D eigenvalue weighted by Gasteiger charge is -2.20. The summed E-state index contributed by atoms with van der Waals surface area (Å²) in [6.45, 7) is 9.61. The Bertz CT molecular complexity index is 290. The number of aromatic nitrogens is 2. The van der Waals surface area contributed by atoms with Crippen LogP contribution < -0.4 is 5.73 Å². The van der Waals surface area contributed by atoms with E-state index in [-0.39, 0.29) is 12.4 Å². The second-order valence-electron chi connectivity index (χ2n) is 4.03. The van der Waals surface area contributed by atoms with Gasteiger partial charge in [-0.2, -0.15) is 4.98 Å². The molecule has 0 unspecified atom stereocenters. The van der Waals surface area contributed by atoms with Crippen LogP contribution in [-0.4, -0.2) is 28.1 Å². The van der Waals surface area contributed by atoms with Crippen LogP contribution in [0.2, 0.25) is 0 Å². The largest absolute Gasteiger partial charge is 0.338 e. The molecular weight excluding hydrogens is 228 g/mol. The summed E-state index contributed by atoms with van der Waals surface area (Å²) in [7, 11) is 0. The lowest BCUT2D eigenvalue weighted by Crippen LogP contribution is -2.27. The van der Waals surface area contributed by atoms with Crippen LogP contribution in [0.4, 0.5) is 0 Å². The maximum atomic E-state index is 5.40. The minimum absolute atomic E-state index is 0. The molecule has 1 rings (SSSR count). The lowest BCUT2D eigenvalue weighted by atomic mass is 10.2. The van der Waals surface area contributed by atoms with Gasteiger partial charge in [0.1, 0.15) is 0 Å². The second-order valence-corrected chi connectivity index (χ2v) is 4.03. The van der Waals surface area contributed by atoms with E-state index in [1.54, 1.807) is 0 Å². The molecule has 0 fully saturated rings. The Labute approximate surface area is 103 Å². The first kappa shape index (κ1) is 15.3. The molecule has 0 aromatic carbocycles. The fourth-order valence-corrected chi connectivity index (χ4v) is 1.46. The maximum Gasteiger partial charge on any atom is 0.240 e. The molecule has 16 heavy (non-hydrogen) atoms. The van der Waals surface area contributed by atoms with E-state index in [0.29, 0.717) is 18.4 Å². The molecule has 5 nitrogen and oxygen atoms in total. The van der Waals surface area contributed by atoms with E-state index < -0.39 is 0 Å². The molecule has 0 bridgehead atoms. The Hall–Kier alpha value is -0.650. The van der Waals surface area contributed by atoms with Gasteiger partial charge in [-0.05, 0) is 12.5 Å². The van der Waals surface area contributed by atoms with Crippen LogP contribution in [0.5, 0.6) is 0 Å². The average molecular weight is 249 g/mol. The zero-order valence-electron chi connectivity index (χ0n) is 10.1. The molecule has 1 aromatic rings. The molecule has 0 atom stereocenters. The molecule has 0 saturated carbocycles. The van der Waals surface area contributed by atoms with Crippen LogP contribution in [-0.2, 0) is 13.1 Å². The first-order valence-electron chi connectivity index (χ1n) is 5.39. The van der Waals surface area contributed by atoms with Crippen LogP contribution in [0.3, 0.4) is 0 Å². The summed E-state index contributed by atoms with van der Waals surface area (Å²) >= 11 is 0. The molecule has 0 aliphatic heterocycles. The van der Waals surface area contributed by atoms with Crippen molar-refractivity contribution >= 4 is 12.4 Å². The van der Waals surface area contributed by atoms with Crippen LogP contribution in [0.1, 0.15) is 32.5 Å². The van der Waals surface area contributed by atoms with Crippen molar-refractivity contribution in [2.45, 2.75) is 33.9 Å². The summed E-state index contributed by atoms with van der Waals surface area (Å²) in [4.78, 5) is 6.47. The quantitative estimate of drug-likeness (QED) is 0.825. The van der Waals surface area contributed by atoms with Crippen molar-refractivity contribution in [2.24, 2.45) is 11.7 Å². The summed E-state index contributed by atoms with van der Waals surface area (Å²) in [6.07, 6.45) is 0. The van der Waals surface area contributed by atoms with E-state index in [4.69, 9.17) is 10.3 Å². The van der Waals surface area contributed by atoms with Gasteiger partial charge in [-0.15, -0.1) is 12.4 Å². The highest BCUT2D eigenvalue weighted by Crippen LogP contribution is 2.04. The zero-order valence-corrected chi connectivity index (χ0v) is 11.0. The average Bonchev–Trinajstić information content (AvgIpc) is 2.64. The highest BCUT2D eigenvalue weighted by molar-refractivity contribution is 5.85. The van der Waals surface area contributed by atoms with Crippen LogP contribution >= 0.6 is 12.4 Å². The molecule has 0 amide bonds. The summed E-state index contributed by atoms with van der Waals surface area (Å²) in [6, 6.07) is 0. The number of hydrogen-bond acceptors (Lipinski definition) is 5. The topological polar surface area (TPSA) is 68.2 Å². The fourth-order valence-electron chi connectivity index (χ4n) is 1.46. The van der Waals surface area contributed by atoms with Gasteiger partial charge in [0.15, 0.2) is 5.82 Å². The van der Waals surface area contributed by atoms with Gasteiger partial charge in [-0.1, -0.05) is 25.9 Å². The van der Waals surface area contributed by atoms with Gasteiger partial charge in [0.2, 0.25) is 5.89 Å². The SMILES string of the molecule is CCN(Cc1noc(CN)n1)CC(C)C.Cl. The molecule has 0 radical (unpaired) electrons. The first-order valence-corrected chi connectivity index (χ1v) is 5.39. The molecule has 2 N–H and O–H groups in total. The Morgan fingerprint density at radius 1 is 1.44 bits per heavy atom. The third-order valence-corrected chi connectivity index (χ3v) is 2.12. The van der Waals surface area contributed by atoms with Gasteiger partial charge in [0, 0.05) is 6.54 Å². The Kier molecular flexibility index (Phi) is 7.29. The highest BCUT2D eigenvalue weighted by atomic mass is 35.5. The summed E-state index contributed by atoms with van der Waals surface area (Å²) < 4.78 is 4.95. The van der Waals surface area contributed by atoms with Crippen LogP contribution in [0.25, 0.3) is 0 Å². The van der Waals surface area contributed by atoms with E-state index in [1.165, 1.54) is 0 Å². The maximum absolute atomic E-state index is 5.40. The Balaban J connectivity index is 0.00000225. The van der Waals surface area contributed by atoms with Crippen molar-refractivity contribution in [1.29, 1.82) is 0 Å². The van der Waals surface area contributed by atoms with Crippen molar-refractivity contribution in [3.63, 3.8) is 0 Å². The van der Waals surface area contributed by atoms with Gasteiger partial charge in [-0.3, -0.25) is 4.90 Å². The molecule has 1 aromatic heterocycles. The summed E-state index contributed by atoms with van der Waals surface area (Å²) in [5.74, 6) is 1.87. The van der Waals surface area contributed by atoms with E-state index in [0.717, 1.165) is 25.5 Å². The van der Waals surface area contributed by atoms with E-state index in [2.05, 4.69) is 35.8 Å². The van der Waals surface area contributed by atoms with Crippen molar-refractivity contribution in [3.05, 3.63) is 11.7 Å². The number of nitrogens with zero attached hydrogens (tertiary/aromatic N) is 3. The van der Waals surface area contributed by atoms with Crippen LogP contribution in [0, 0.1) is 5.92 Å². The second kappa shape index (κ2) is 7.60. The molecular formula is C10H21ClN4O. The fraction of sp³-hybridized carbons (Fsp3) is 0.800.